The molecule has 2 heterocycles. The second kappa shape index (κ2) is 8.64. The first-order valence-corrected chi connectivity index (χ1v) is 10.9. The van der Waals surface area contributed by atoms with Gasteiger partial charge in [-0.25, -0.2) is 0 Å². The Balaban J connectivity index is 1.46. The number of fused-ring (bicyclic) bond motifs is 1. The number of aryl methyl sites for hydroxylation is 2. The average molecular weight is 447 g/mol. The third-order valence-corrected chi connectivity index (χ3v) is 6.04. The molecule has 0 unspecified atom stereocenters. The fraction of sp³-hybridized carbons (Fsp3) is 0.130. The predicted molar refractivity (Wildman–Crippen MR) is 120 cm³/mol. The topological polar surface area (TPSA) is 90.4 Å². The van der Waals surface area contributed by atoms with Crippen LogP contribution in [0.2, 0.25) is 0 Å². The van der Waals surface area contributed by atoms with E-state index in [9.17, 15) is 10.1 Å². The number of rotatable bonds is 7. The molecule has 0 radical (unpaired) electrons. The molecule has 1 N–H and O–H groups in total. The summed E-state index contributed by atoms with van der Waals surface area (Å²) < 4.78 is 12.6. The van der Waals surface area contributed by atoms with Crippen molar-refractivity contribution in [1.82, 2.24) is 5.10 Å². The molecule has 1 aliphatic heterocycles. The molecule has 32 heavy (non-hydrogen) atoms. The first-order valence-electron chi connectivity index (χ1n) is 10.0. The highest BCUT2D eigenvalue weighted by molar-refractivity contribution is 7.15. The zero-order valence-corrected chi connectivity index (χ0v) is 17.7. The van der Waals surface area contributed by atoms with Crippen molar-refractivity contribution in [2.24, 2.45) is 0 Å². The van der Waals surface area contributed by atoms with Gasteiger partial charge in [0.15, 0.2) is 11.5 Å². The number of hydrogen-bond donors (Lipinski definition) is 1. The van der Waals surface area contributed by atoms with E-state index in [1.807, 2.05) is 65.3 Å². The predicted octanol–water partition coefficient (Wildman–Crippen LogP) is 4.59. The van der Waals surface area contributed by atoms with Gasteiger partial charge in [0.2, 0.25) is 12.5 Å². The third-order valence-electron chi connectivity index (χ3n) is 5.05. The lowest BCUT2D eigenvalue weighted by molar-refractivity contribution is -0.660. The molecule has 0 spiro atoms. The molecule has 0 aliphatic carbocycles. The van der Waals surface area contributed by atoms with E-state index in [2.05, 4.69) is 5.32 Å². The Bertz CT molecular complexity index is 1260. The Hall–Kier alpha value is -3.98. The van der Waals surface area contributed by atoms with Crippen LogP contribution in [0.25, 0.3) is 5.69 Å². The van der Waals surface area contributed by atoms with E-state index < -0.39 is 0 Å². The molecule has 160 valence electrons. The molecule has 0 atom stereocenters. The number of aromatic nitrogens is 2. The van der Waals surface area contributed by atoms with Crippen LogP contribution in [0.1, 0.15) is 10.6 Å². The maximum Gasteiger partial charge on any atom is 0.276 e. The third kappa shape index (κ3) is 4.10. The standard InChI is InChI=1S/C23H19N4O4S/c28-27(29)19-14-21-20(30-15-31-21)13-16(19)11-12-22-26(18-9-5-2-6-10-18)25-23(32-22)24-17-7-3-1-4-8-17/h1-10,13-14H,11-12,15H2,(H,24,25)/q+1. The van der Waals surface area contributed by atoms with E-state index in [0.29, 0.717) is 29.9 Å². The second-order valence-electron chi connectivity index (χ2n) is 7.13. The lowest BCUT2D eigenvalue weighted by Gasteiger charge is -2.03. The van der Waals surface area contributed by atoms with Crippen LogP contribution in [0.3, 0.4) is 0 Å². The van der Waals surface area contributed by atoms with Gasteiger partial charge in [0.25, 0.3) is 15.8 Å². The summed E-state index contributed by atoms with van der Waals surface area (Å²) in [6.45, 7) is 0.0767. The minimum atomic E-state index is -0.377. The van der Waals surface area contributed by atoms with Crippen LogP contribution >= 0.6 is 11.3 Å². The van der Waals surface area contributed by atoms with Crippen molar-refractivity contribution >= 4 is 27.8 Å². The van der Waals surface area contributed by atoms with Crippen LogP contribution in [0.4, 0.5) is 16.5 Å². The highest BCUT2D eigenvalue weighted by Crippen LogP contribution is 2.38. The summed E-state index contributed by atoms with van der Waals surface area (Å²) >= 11 is 1.52. The van der Waals surface area contributed by atoms with Gasteiger partial charge in [-0.2, -0.15) is 0 Å². The molecule has 0 bridgehead atoms. The van der Waals surface area contributed by atoms with Crippen molar-refractivity contribution in [2.45, 2.75) is 12.8 Å². The normalized spacial score (nSPS) is 12.0. The summed E-state index contributed by atoms with van der Waals surface area (Å²) in [6.07, 6.45) is 1.04. The molecule has 3 aromatic carbocycles. The zero-order valence-electron chi connectivity index (χ0n) is 16.9. The molecule has 1 aromatic heterocycles. The molecule has 1 aliphatic rings. The molecule has 0 fully saturated rings. The number of nitro benzene ring substituents is 1. The fourth-order valence-corrected chi connectivity index (χ4v) is 4.48. The highest BCUT2D eigenvalue weighted by atomic mass is 32.1. The summed E-state index contributed by atoms with van der Waals surface area (Å²) in [5, 5.41) is 21.4. The molecule has 0 saturated carbocycles. The van der Waals surface area contributed by atoms with E-state index in [-0.39, 0.29) is 17.4 Å². The molecule has 9 heteroatoms. The molecule has 5 rings (SSSR count). The number of ether oxygens (including phenoxy) is 2. The molecule has 4 aromatic rings. The van der Waals surface area contributed by atoms with Crippen LogP contribution in [0, 0.1) is 10.1 Å². The SMILES string of the molecule is O=[N+]([O-])c1cc2c(cc1CCc1sc(Nc3ccccc3)n[n+]1-c1ccccc1)OCO2. The van der Waals surface area contributed by atoms with Gasteiger partial charge >= 0.3 is 0 Å². The quantitative estimate of drug-likeness (QED) is 0.253. The molecule has 8 nitrogen and oxygen atoms in total. The van der Waals surface area contributed by atoms with E-state index in [4.69, 9.17) is 14.6 Å². The Morgan fingerprint density at radius 1 is 1.00 bits per heavy atom. The Labute approximate surface area is 187 Å². The zero-order chi connectivity index (χ0) is 21.9. The highest BCUT2D eigenvalue weighted by Gasteiger charge is 2.26. The summed E-state index contributed by atoms with van der Waals surface area (Å²) in [5.74, 6) is 0.948. The minimum Gasteiger partial charge on any atom is -0.454 e. The van der Waals surface area contributed by atoms with Crippen LogP contribution in [-0.4, -0.2) is 16.8 Å². The number of benzene rings is 3. The first kappa shape index (κ1) is 20.0. The van der Waals surface area contributed by atoms with Crippen LogP contribution in [-0.2, 0) is 12.8 Å². The van der Waals surface area contributed by atoms with Gasteiger partial charge in [-0.05, 0) is 40.6 Å². The molecular formula is C23H19N4O4S+. The molecular weight excluding hydrogens is 428 g/mol. The minimum absolute atomic E-state index is 0.0349. The Morgan fingerprint density at radius 3 is 2.41 bits per heavy atom. The number of nitrogens with zero attached hydrogens (tertiary/aromatic N) is 3. The summed E-state index contributed by atoms with van der Waals surface area (Å²) in [6, 6.07) is 22.8. The Kier molecular flexibility index (Phi) is 5.39. The number of para-hydroxylation sites is 2. The maximum absolute atomic E-state index is 11.6. The van der Waals surface area contributed by atoms with Crippen molar-refractivity contribution < 1.29 is 19.1 Å². The van der Waals surface area contributed by atoms with E-state index in [0.717, 1.165) is 21.5 Å². The molecule has 0 saturated heterocycles. The smallest absolute Gasteiger partial charge is 0.276 e. The van der Waals surface area contributed by atoms with Gasteiger partial charge < -0.3 is 14.8 Å². The monoisotopic (exact) mass is 447 g/mol. The fourth-order valence-electron chi connectivity index (χ4n) is 3.53. The number of nitro groups is 1. The number of anilines is 2. The lowest BCUT2D eigenvalue weighted by Crippen LogP contribution is -2.36. The van der Waals surface area contributed by atoms with Crippen LogP contribution < -0.4 is 19.5 Å². The van der Waals surface area contributed by atoms with Gasteiger partial charge in [-0.3, -0.25) is 10.1 Å². The lowest BCUT2D eigenvalue weighted by atomic mass is 10.1. The average Bonchev–Trinajstić information content (AvgIpc) is 3.44. The van der Waals surface area contributed by atoms with Gasteiger partial charge in [-0.1, -0.05) is 36.4 Å². The van der Waals surface area contributed by atoms with E-state index in [1.54, 1.807) is 6.07 Å². The number of nitrogens with one attached hydrogen (secondary N) is 1. The van der Waals surface area contributed by atoms with E-state index >= 15 is 0 Å². The summed E-state index contributed by atoms with van der Waals surface area (Å²) in [4.78, 5) is 11.2. The van der Waals surface area contributed by atoms with Crippen molar-refractivity contribution in [3.8, 4) is 17.2 Å². The van der Waals surface area contributed by atoms with Crippen molar-refractivity contribution in [3.63, 3.8) is 0 Å². The van der Waals surface area contributed by atoms with Gasteiger partial charge in [-0.15, -0.1) is 0 Å². The van der Waals surface area contributed by atoms with Gasteiger partial charge in [0.05, 0.1) is 17.4 Å². The first-order chi connectivity index (χ1) is 15.7. The largest absolute Gasteiger partial charge is 0.454 e. The Morgan fingerprint density at radius 2 is 1.69 bits per heavy atom. The second-order valence-corrected chi connectivity index (χ2v) is 8.19. The van der Waals surface area contributed by atoms with Crippen molar-refractivity contribution in [3.05, 3.63) is 93.5 Å². The van der Waals surface area contributed by atoms with E-state index in [1.165, 1.54) is 17.4 Å². The van der Waals surface area contributed by atoms with Crippen molar-refractivity contribution in [1.29, 1.82) is 0 Å². The maximum atomic E-state index is 11.6. The van der Waals surface area contributed by atoms with Crippen LogP contribution in [0.15, 0.2) is 72.8 Å². The molecule has 0 amide bonds. The summed E-state index contributed by atoms with van der Waals surface area (Å²) in [5.41, 5.74) is 2.51. The van der Waals surface area contributed by atoms with Crippen molar-refractivity contribution in [2.75, 3.05) is 12.1 Å². The van der Waals surface area contributed by atoms with Crippen LogP contribution in [0.5, 0.6) is 11.5 Å². The number of hydrogen-bond acceptors (Lipinski definition) is 7. The summed E-state index contributed by atoms with van der Waals surface area (Å²) in [7, 11) is 0. The van der Waals surface area contributed by atoms with Gasteiger partial charge in [0, 0.05) is 28.5 Å². The van der Waals surface area contributed by atoms with Gasteiger partial charge in [0.1, 0.15) is 0 Å².